The molecule has 1 atom stereocenters. The molecule has 1 aromatic carbocycles. The number of esters is 1. The van der Waals surface area contributed by atoms with Gasteiger partial charge in [-0.3, -0.25) is 4.79 Å². The highest BCUT2D eigenvalue weighted by molar-refractivity contribution is 5.92. The van der Waals surface area contributed by atoms with Gasteiger partial charge in [0.25, 0.3) is 5.91 Å². The summed E-state index contributed by atoms with van der Waals surface area (Å²) in [4.78, 5) is 25.3. The van der Waals surface area contributed by atoms with Crippen molar-refractivity contribution in [1.29, 1.82) is 0 Å². The number of carbonyl (C=O) groups excluding carboxylic acids is 2. The maximum atomic E-state index is 12.1. The number of morpholine rings is 1. The number of benzene rings is 1. The van der Waals surface area contributed by atoms with Gasteiger partial charge in [-0.2, -0.15) is 0 Å². The van der Waals surface area contributed by atoms with Crippen LogP contribution in [-0.2, 0) is 20.8 Å². The summed E-state index contributed by atoms with van der Waals surface area (Å²) in [5.41, 5.74) is 1.61. The molecule has 24 heavy (non-hydrogen) atoms. The van der Waals surface area contributed by atoms with E-state index in [9.17, 15) is 9.59 Å². The van der Waals surface area contributed by atoms with E-state index in [1.807, 2.05) is 12.1 Å². The van der Waals surface area contributed by atoms with Crippen LogP contribution in [0, 0.1) is 0 Å². The molecule has 0 saturated carbocycles. The number of ether oxygens (including phenoxy) is 2. The second kappa shape index (κ2) is 9.20. The molecule has 6 heteroatoms. The minimum atomic E-state index is -0.838. The molecule has 1 aliphatic rings. The van der Waals surface area contributed by atoms with Crippen LogP contribution in [0.5, 0.6) is 0 Å². The fourth-order valence-electron chi connectivity index (χ4n) is 2.48. The Kier molecular flexibility index (Phi) is 6.96. The molecule has 0 spiro atoms. The lowest BCUT2D eigenvalue weighted by molar-refractivity contribution is -0.921. The Balaban J connectivity index is 1.86. The number of hydrogen-bond acceptors (Lipinski definition) is 4. The average molecular weight is 333 g/mol. The van der Waals surface area contributed by atoms with Crippen LogP contribution in [0.3, 0.4) is 0 Å². The standard InChI is InChI=1S/C18H24N2O4/c1-3-8-19-17(21)14(2)24-18(22)16-6-4-15(5-7-16)13-20-9-11-23-12-10-20/h3-7,14H,1,8-13H2,2H3,(H,19,21)/p+1/t14-/m0/s1. The van der Waals surface area contributed by atoms with Crippen molar-refractivity contribution in [3.05, 3.63) is 48.0 Å². The van der Waals surface area contributed by atoms with Crippen molar-refractivity contribution < 1.29 is 24.0 Å². The van der Waals surface area contributed by atoms with E-state index < -0.39 is 12.1 Å². The Bertz CT molecular complexity index is 565. The van der Waals surface area contributed by atoms with Gasteiger partial charge in [-0.1, -0.05) is 18.2 Å². The quantitative estimate of drug-likeness (QED) is 0.542. The van der Waals surface area contributed by atoms with Crippen LogP contribution in [0.1, 0.15) is 22.8 Å². The van der Waals surface area contributed by atoms with Crippen LogP contribution in [0.4, 0.5) is 0 Å². The van der Waals surface area contributed by atoms with E-state index in [-0.39, 0.29) is 5.91 Å². The van der Waals surface area contributed by atoms with Crippen molar-refractivity contribution in [2.75, 3.05) is 32.8 Å². The minimum Gasteiger partial charge on any atom is -0.449 e. The highest BCUT2D eigenvalue weighted by Crippen LogP contribution is 2.07. The third-order valence-corrected chi connectivity index (χ3v) is 3.92. The highest BCUT2D eigenvalue weighted by atomic mass is 16.5. The zero-order valence-electron chi connectivity index (χ0n) is 14.0. The Morgan fingerprint density at radius 2 is 2.00 bits per heavy atom. The van der Waals surface area contributed by atoms with Crippen molar-refractivity contribution in [2.24, 2.45) is 0 Å². The molecule has 1 saturated heterocycles. The molecule has 6 nitrogen and oxygen atoms in total. The third kappa shape index (κ3) is 5.47. The monoisotopic (exact) mass is 333 g/mol. The number of rotatable bonds is 7. The van der Waals surface area contributed by atoms with E-state index in [1.54, 1.807) is 25.1 Å². The zero-order valence-corrected chi connectivity index (χ0v) is 14.0. The predicted molar refractivity (Wildman–Crippen MR) is 89.7 cm³/mol. The van der Waals surface area contributed by atoms with Crippen LogP contribution < -0.4 is 10.2 Å². The molecule has 2 N–H and O–H groups in total. The summed E-state index contributed by atoms with van der Waals surface area (Å²) in [6.07, 6.45) is 0.733. The Morgan fingerprint density at radius 3 is 2.62 bits per heavy atom. The molecular weight excluding hydrogens is 308 g/mol. The highest BCUT2D eigenvalue weighted by Gasteiger charge is 2.19. The fraction of sp³-hybridized carbons (Fsp3) is 0.444. The van der Waals surface area contributed by atoms with Crippen molar-refractivity contribution >= 4 is 11.9 Å². The third-order valence-electron chi connectivity index (χ3n) is 3.92. The molecule has 130 valence electrons. The van der Waals surface area contributed by atoms with E-state index in [2.05, 4.69) is 11.9 Å². The van der Waals surface area contributed by atoms with Crippen molar-refractivity contribution in [2.45, 2.75) is 19.6 Å². The Labute approximate surface area is 142 Å². The van der Waals surface area contributed by atoms with Gasteiger partial charge in [0.15, 0.2) is 6.10 Å². The van der Waals surface area contributed by atoms with Crippen LogP contribution in [0.15, 0.2) is 36.9 Å². The maximum absolute atomic E-state index is 12.1. The Morgan fingerprint density at radius 1 is 1.33 bits per heavy atom. The molecular formula is C18H25N2O4+. The molecule has 1 aliphatic heterocycles. The first kappa shape index (κ1) is 18.2. The lowest BCUT2D eigenvalue weighted by Gasteiger charge is -2.23. The summed E-state index contributed by atoms with van der Waals surface area (Å²) in [5.74, 6) is -0.836. The summed E-state index contributed by atoms with van der Waals surface area (Å²) >= 11 is 0. The van der Waals surface area contributed by atoms with Crippen LogP contribution in [0.2, 0.25) is 0 Å². The molecule has 0 aromatic heterocycles. The largest absolute Gasteiger partial charge is 0.449 e. The van der Waals surface area contributed by atoms with E-state index in [0.717, 1.165) is 32.8 Å². The molecule has 2 rings (SSSR count). The molecule has 0 bridgehead atoms. The number of hydrogen-bond donors (Lipinski definition) is 2. The smallest absolute Gasteiger partial charge is 0.338 e. The van der Waals surface area contributed by atoms with Gasteiger partial charge in [0.2, 0.25) is 0 Å². The lowest BCUT2D eigenvalue weighted by atomic mass is 10.1. The van der Waals surface area contributed by atoms with Crippen molar-refractivity contribution in [1.82, 2.24) is 5.32 Å². The molecule has 1 heterocycles. The molecule has 0 aliphatic carbocycles. The second-order valence-corrected chi connectivity index (χ2v) is 5.82. The van der Waals surface area contributed by atoms with Crippen LogP contribution in [0.25, 0.3) is 0 Å². The number of nitrogens with one attached hydrogen (secondary N) is 2. The first-order valence-corrected chi connectivity index (χ1v) is 8.20. The fourth-order valence-corrected chi connectivity index (χ4v) is 2.48. The topological polar surface area (TPSA) is 69.1 Å². The summed E-state index contributed by atoms with van der Waals surface area (Å²) in [6.45, 7) is 9.93. The van der Waals surface area contributed by atoms with Gasteiger partial charge >= 0.3 is 5.97 Å². The van der Waals surface area contributed by atoms with E-state index in [0.29, 0.717) is 12.1 Å². The molecule has 0 radical (unpaired) electrons. The van der Waals surface area contributed by atoms with Gasteiger partial charge in [0.05, 0.1) is 18.8 Å². The van der Waals surface area contributed by atoms with Gasteiger partial charge in [-0.05, 0) is 19.1 Å². The van der Waals surface area contributed by atoms with E-state index >= 15 is 0 Å². The van der Waals surface area contributed by atoms with Gasteiger partial charge in [0, 0.05) is 12.1 Å². The molecule has 1 fully saturated rings. The van der Waals surface area contributed by atoms with Gasteiger partial charge in [-0.25, -0.2) is 4.79 Å². The lowest BCUT2D eigenvalue weighted by Crippen LogP contribution is -3.12. The summed E-state index contributed by atoms with van der Waals surface area (Å²) in [6, 6.07) is 7.35. The second-order valence-electron chi connectivity index (χ2n) is 5.82. The zero-order chi connectivity index (χ0) is 17.4. The minimum absolute atomic E-state index is 0.337. The van der Waals surface area contributed by atoms with Gasteiger partial charge in [0.1, 0.15) is 19.6 Å². The summed E-state index contributed by atoms with van der Waals surface area (Å²) in [7, 11) is 0. The average Bonchev–Trinajstić information content (AvgIpc) is 2.61. The van der Waals surface area contributed by atoms with Gasteiger partial charge in [-0.15, -0.1) is 6.58 Å². The SMILES string of the molecule is C=CCNC(=O)[C@H](C)OC(=O)c1ccc(C[NH+]2CCOCC2)cc1. The maximum Gasteiger partial charge on any atom is 0.338 e. The normalized spacial score (nSPS) is 16.2. The summed E-state index contributed by atoms with van der Waals surface area (Å²) in [5, 5.41) is 2.60. The predicted octanol–water partition coefficient (Wildman–Crippen LogP) is -0.0508. The van der Waals surface area contributed by atoms with E-state index in [1.165, 1.54) is 10.5 Å². The van der Waals surface area contributed by atoms with Crippen LogP contribution >= 0.6 is 0 Å². The van der Waals surface area contributed by atoms with Crippen LogP contribution in [-0.4, -0.2) is 50.8 Å². The summed E-state index contributed by atoms with van der Waals surface area (Å²) < 4.78 is 10.5. The molecule has 0 unspecified atom stereocenters. The van der Waals surface area contributed by atoms with Crippen molar-refractivity contribution in [3.63, 3.8) is 0 Å². The van der Waals surface area contributed by atoms with E-state index in [4.69, 9.17) is 9.47 Å². The number of quaternary nitrogens is 1. The molecule has 1 amide bonds. The molecule has 1 aromatic rings. The Hall–Kier alpha value is -2.18. The van der Waals surface area contributed by atoms with Gasteiger partial charge < -0.3 is 19.7 Å². The first-order chi connectivity index (χ1) is 11.6. The first-order valence-electron chi connectivity index (χ1n) is 8.20. The number of amides is 1. The number of carbonyl (C=O) groups is 2. The van der Waals surface area contributed by atoms with Crippen molar-refractivity contribution in [3.8, 4) is 0 Å².